The number of nitrogens with one attached hydrogen (secondary N) is 2. The molecule has 14 heteroatoms. The number of H-pyrrole nitrogens is 2. The van der Waals surface area contributed by atoms with Crippen molar-refractivity contribution in [3.05, 3.63) is 69.8 Å². The van der Waals surface area contributed by atoms with Crippen LogP contribution in [0.25, 0.3) is 21.8 Å². The van der Waals surface area contributed by atoms with Crippen LogP contribution >= 0.6 is 0 Å². The van der Waals surface area contributed by atoms with Crippen LogP contribution in [-0.2, 0) is 19.1 Å². The Morgan fingerprint density at radius 1 is 0.810 bits per heavy atom. The van der Waals surface area contributed by atoms with Crippen LogP contribution in [0.15, 0.2) is 58.6 Å². The van der Waals surface area contributed by atoms with E-state index in [4.69, 9.17) is 14.2 Å². The van der Waals surface area contributed by atoms with Crippen LogP contribution < -0.4 is 20.6 Å². The fourth-order valence-electron chi connectivity index (χ4n) is 4.35. The summed E-state index contributed by atoms with van der Waals surface area (Å²) in [5.41, 5.74) is -0.0514. The number of fused-ring (bicyclic) bond motifs is 2. The maximum atomic E-state index is 13.3. The first-order valence-electron chi connectivity index (χ1n) is 12.9. The van der Waals surface area contributed by atoms with Crippen molar-refractivity contribution in [1.82, 2.24) is 29.7 Å². The third-order valence-electron chi connectivity index (χ3n) is 6.45. The molecule has 0 fully saturated rings. The third kappa shape index (κ3) is 6.37. The topological polar surface area (TPSA) is 177 Å². The van der Waals surface area contributed by atoms with E-state index in [2.05, 4.69) is 19.9 Å². The van der Waals surface area contributed by atoms with Gasteiger partial charge in [0.1, 0.15) is 22.3 Å². The van der Waals surface area contributed by atoms with Crippen molar-refractivity contribution in [3.8, 4) is 11.5 Å². The summed E-state index contributed by atoms with van der Waals surface area (Å²) in [4.78, 5) is 78.7. The van der Waals surface area contributed by atoms with E-state index in [0.29, 0.717) is 11.0 Å². The molecule has 1 unspecified atom stereocenters. The molecule has 4 rings (SSSR count). The first-order chi connectivity index (χ1) is 20.0. The minimum Gasteiger partial charge on any atom is -0.480 e. The minimum atomic E-state index is -1.18. The van der Waals surface area contributed by atoms with Crippen LogP contribution in [-0.4, -0.2) is 86.6 Å². The molecule has 2 aromatic heterocycles. The lowest BCUT2D eigenvalue weighted by molar-refractivity contribution is -0.167. The summed E-state index contributed by atoms with van der Waals surface area (Å²) < 4.78 is 17.0. The molecular weight excluding hydrogens is 548 g/mol. The lowest BCUT2D eigenvalue weighted by atomic mass is 10.2. The fraction of sp³-hybridized carbons (Fsp3) is 0.321. The minimum absolute atomic E-state index is 0.154. The number of nitrogens with zero attached hydrogens (tertiary/aromatic N) is 4. The van der Waals surface area contributed by atoms with Gasteiger partial charge in [-0.2, -0.15) is 0 Å². The Morgan fingerprint density at radius 2 is 1.29 bits per heavy atom. The van der Waals surface area contributed by atoms with Gasteiger partial charge in [-0.15, -0.1) is 0 Å². The molecule has 0 saturated carbocycles. The Bertz CT molecular complexity index is 1740. The van der Waals surface area contributed by atoms with Gasteiger partial charge in [0.05, 0.1) is 30.2 Å². The van der Waals surface area contributed by atoms with E-state index >= 15 is 0 Å². The second-order valence-corrected chi connectivity index (χ2v) is 9.52. The van der Waals surface area contributed by atoms with Gasteiger partial charge in [0.2, 0.25) is 0 Å². The lowest BCUT2D eigenvalue weighted by Gasteiger charge is -2.33. The van der Waals surface area contributed by atoms with E-state index in [-0.39, 0.29) is 28.8 Å². The van der Waals surface area contributed by atoms with E-state index in [1.807, 2.05) is 0 Å². The summed E-state index contributed by atoms with van der Waals surface area (Å²) in [5, 5.41) is 0.380. The number of carbonyl (C=O) groups is 3. The number of amides is 2. The highest BCUT2D eigenvalue weighted by atomic mass is 16.6. The highest BCUT2D eigenvalue weighted by Gasteiger charge is 2.31. The predicted octanol–water partition coefficient (Wildman–Crippen LogP) is 1.20. The molecule has 0 aliphatic rings. The van der Waals surface area contributed by atoms with Gasteiger partial charge in [0.15, 0.2) is 18.4 Å². The Hall–Kier alpha value is -5.27. The highest BCUT2D eigenvalue weighted by molar-refractivity contribution is 5.87. The molecule has 0 aliphatic carbocycles. The summed E-state index contributed by atoms with van der Waals surface area (Å²) >= 11 is 0. The van der Waals surface area contributed by atoms with Gasteiger partial charge in [0.25, 0.3) is 22.9 Å². The first-order valence-corrected chi connectivity index (χ1v) is 12.9. The molecule has 3 atom stereocenters. The smallest absolute Gasteiger partial charge is 0.304 e. The zero-order valence-corrected chi connectivity index (χ0v) is 23.6. The summed E-state index contributed by atoms with van der Waals surface area (Å²) in [6.07, 6.45) is -0.777. The van der Waals surface area contributed by atoms with Gasteiger partial charge in [0, 0.05) is 21.0 Å². The quantitative estimate of drug-likeness (QED) is 0.205. The molecule has 220 valence electrons. The largest absolute Gasteiger partial charge is 0.480 e. The van der Waals surface area contributed by atoms with Crippen LogP contribution in [0.5, 0.6) is 11.5 Å². The second kappa shape index (κ2) is 12.5. The van der Waals surface area contributed by atoms with Gasteiger partial charge in [-0.05, 0) is 38.1 Å². The Morgan fingerprint density at radius 3 is 1.76 bits per heavy atom. The fourth-order valence-corrected chi connectivity index (χ4v) is 4.35. The zero-order chi connectivity index (χ0) is 30.6. The zero-order valence-electron chi connectivity index (χ0n) is 23.6. The molecule has 2 N–H and O–H groups in total. The summed E-state index contributed by atoms with van der Waals surface area (Å²) in [7, 11) is 2.87. The molecule has 0 radical (unpaired) electrons. The summed E-state index contributed by atoms with van der Waals surface area (Å²) in [6, 6.07) is 9.67. The number of hydrogen-bond donors (Lipinski definition) is 2. The van der Waals surface area contributed by atoms with Crippen molar-refractivity contribution >= 4 is 39.6 Å². The summed E-state index contributed by atoms with van der Waals surface area (Å²) in [6.45, 7) is 3.98. The molecule has 42 heavy (non-hydrogen) atoms. The van der Waals surface area contributed by atoms with Crippen molar-refractivity contribution in [2.24, 2.45) is 0 Å². The molecule has 14 nitrogen and oxygen atoms in total. The number of benzene rings is 2. The number of likely N-dealkylation sites (N-methyl/N-ethyl adjacent to an activating group) is 2. The number of aromatic amines is 2. The van der Waals surface area contributed by atoms with Crippen molar-refractivity contribution in [3.63, 3.8) is 0 Å². The number of rotatable bonds is 10. The average molecular weight is 579 g/mol. The third-order valence-corrected chi connectivity index (χ3v) is 6.45. The number of esters is 1. The molecular formula is C28H30N6O8. The van der Waals surface area contributed by atoms with Crippen molar-refractivity contribution in [1.29, 1.82) is 0 Å². The number of ether oxygens (including phenoxy) is 3. The normalized spacial score (nSPS) is 13.2. The van der Waals surface area contributed by atoms with E-state index < -0.39 is 47.3 Å². The predicted molar refractivity (Wildman–Crippen MR) is 151 cm³/mol. The number of hydrogen-bond acceptors (Lipinski definition) is 10. The Labute approximate surface area is 239 Å². The molecule has 0 saturated heterocycles. The van der Waals surface area contributed by atoms with Crippen LogP contribution in [0.2, 0.25) is 0 Å². The average Bonchev–Trinajstić information content (AvgIpc) is 2.95. The van der Waals surface area contributed by atoms with Gasteiger partial charge in [-0.1, -0.05) is 12.1 Å². The molecule has 2 amide bonds. The lowest BCUT2D eigenvalue weighted by Crippen LogP contribution is -2.52. The molecule has 0 bridgehead atoms. The van der Waals surface area contributed by atoms with E-state index in [1.165, 1.54) is 52.4 Å². The molecule has 0 aliphatic heterocycles. The van der Waals surface area contributed by atoms with Crippen LogP contribution in [0, 0.1) is 0 Å². The van der Waals surface area contributed by atoms with Gasteiger partial charge in [-0.25, -0.2) is 9.97 Å². The molecule has 0 spiro atoms. The van der Waals surface area contributed by atoms with Crippen molar-refractivity contribution in [2.75, 3.05) is 20.6 Å². The van der Waals surface area contributed by atoms with Gasteiger partial charge >= 0.3 is 5.97 Å². The summed E-state index contributed by atoms with van der Waals surface area (Å²) in [5.74, 6) is -1.43. The van der Waals surface area contributed by atoms with Crippen LogP contribution in [0.4, 0.5) is 0 Å². The van der Waals surface area contributed by atoms with E-state index in [1.54, 1.807) is 36.4 Å². The monoisotopic (exact) mass is 578 g/mol. The van der Waals surface area contributed by atoms with Crippen LogP contribution in [0.3, 0.4) is 0 Å². The van der Waals surface area contributed by atoms with Gasteiger partial charge < -0.3 is 34.0 Å². The highest BCUT2D eigenvalue weighted by Crippen LogP contribution is 2.23. The van der Waals surface area contributed by atoms with E-state index in [0.717, 1.165) is 4.90 Å². The maximum Gasteiger partial charge on any atom is 0.304 e. The molecule has 2 heterocycles. The van der Waals surface area contributed by atoms with Crippen molar-refractivity contribution < 1.29 is 28.6 Å². The van der Waals surface area contributed by atoms with Gasteiger partial charge in [-0.3, -0.25) is 24.0 Å². The second-order valence-electron chi connectivity index (χ2n) is 9.52. The SMILES string of the molecule is CC(=O)OC(CN(C)C(=O)[C@@H](C)Oc1cccc2nc[nH]c(=O)c12)N(C)C(=O)[C@@H](C)Oc1cccc2nc[nH]c(=O)c12. The maximum absolute atomic E-state index is 13.3. The van der Waals surface area contributed by atoms with Crippen LogP contribution in [0.1, 0.15) is 20.8 Å². The number of aromatic nitrogens is 4. The Kier molecular flexibility index (Phi) is 8.84. The standard InChI is InChI=1S/C28H30N6O8/c1-15(40-20-10-6-8-18-23(20)25(36)31-13-29-18)27(38)33(4)12-22(42-17(3)35)34(5)28(39)16(2)41-21-11-7-9-19-24(21)26(37)32-14-30-19/h6-11,13-16,22H,12H2,1-5H3,(H,29,31,36)(H,30,32,37)/t15-,16-,22?/m1/s1. The Balaban J connectivity index is 1.47. The van der Waals surface area contributed by atoms with E-state index in [9.17, 15) is 24.0 Å². The van der Waals surface area contributed by atoms with Crippen molar-refractivity contribution in [2.45, 2.75) is 39.2 Å². The first kappa shape index (κ1) is 29.7. The molecule has 4 aromatic rings. The number of carbonyl (C=O) groups excluding carboxylic acids is 3. The molecule has 2 aromatic carbocycles.